The Balaban J connectivity index is 1.73. The van der Waals surface area contributed by atoms with E-state index in [9.17, 15) is 8.42 Å². The first-order valence-electron chi connectivity index (χ1n) is 8.68. The van der Waals surface area contributed by atoms with Gasteiger partial charge in [-0.05, 0) is 30.7 Å². The highest BCUT2D eigenvalue weighted by Crippen LogP contribution is 2.30. The molecule has 0 N–H and O–H groups in total. The van der Waals surface area contributed by atoms with Gasteiger partial charge in [0.15, 0.2) is 5.82 Å². The molecule has 8 heteroatoms. The minimum absolute atomic E-state index is 0.265. The van der Waals surface area contributed by atoms with Gasteiger partial charge in [0.05, 0.1) is 16.1 Å². The summed E-state index contributed by atoms with van der Waals surface area (Å²) in [7, 11) is -2.07. The standard InChI is InChI=1S/C19H20N4O3S/c1-13-5-6-17-15(4-3-8-20-17)19(13)27(24,25)23-9-7-16-14(11-23)10-21-18(22-16)12-26-2/h3-6,8,10H,7,9,11-12H2,1-2H3. The Morgan fingerprint density at radius 1 is 1.22 bits per heavy atom. The van der Waals surface area contributed by atoms with E-state index in [4.69, 9.17) is 4.74 Å². The molecule has 0 amide bonds. The number of methoxy groups -OCH3 is 1. The molecule has 3 heterocycles. The molecule has 27 heavy (non-hydrogen) atoms. The second-order valence-corrected chi connectivity index (χ2v) is 8.44. The van der Waals surface area contributed by atoms with E-state index in [2.05, 4.69) is 15.0 Å². The van der Waals surface area contributed by atoms with Gasteiger partial charge in [-0.3, -0.25) is 4.98 Å². The molecule has 3 aromatic rings. The van der Waals surface area contributed by atoms with Crippen molar-refractivity contribution in [1.82, 2.24) is 19.3 Å². The quantitative estimate of drug-likeness (QED) is 0.686. The van der Waals surface area contributed by atoms with Crippen molar-refractivity contribution in [2.24, 2.45) is 0 Å². The minimum Gasteiger partial charge on any atom is -0.377 e. The van der Waals surface area contributed by atoms with Crippen LogP contribution in [0.15, 0.2) is 41.6 Å². The number of pyridine rings is 1. The second-order valence-electron chi connectivity index (χ2n) is 6.56. The lowest BCUT2D eigenvalue weighted by atomic mass is 10.1. The summed E-state index contributed by atoms with van der Waals surface area (Å²) in [5.41, 5.74) is 3.11. The van der Waals surface area contributed by atoms with E-state index in [0.29, 0.717) is 46.8 Å². The maximum Gasteiger partial charge on any atom is 0.244 e. The summed E-state index contributed by atoms with van der Waals surface area (Å²) in [4.78, 5) is 13.4. The van der Waals surface area contributed by atoms with Crippen molar-refractivity contribution in [3.63, 3.8) is 0 Å². The van der Waals surface area contributed by atoms with Crippen LogP contribution in [0.1, 0.15) is 22.6 Å². The van der Waals surface area contributed by atoms with Crippen molar-refractivity contribution in [1.29, 1.82) is 0 Å². The summed E-state index contributed by atoms with van der Waals surface area (Å²) in [5.74, 6) is 0.614. The first-order valence-corrected chi connectivity index (χ1v) is 10.1. The Morgan fingerprint density at radius 2 is 2.07 bits per heavy atom. The predicted octanol–water partition coefficient (Wildman–Crippen LogP) is 2.23. The van der Waals surface area contributed by atoms with Crippen LogP contribution in [0, 0.1) is 6.92 Å². The summed E-state index contributed by atoms with van der Waals surface area (Å²) in [5, 5.41) is 0.648. The second kappa shape index (κ2) is 6.95. The zero-order valence-electron chi connectivity index (χ0n) is 15.2. The third-order valence-electron chi connectivity index (χ3n) is 4.75. The lowest BCUT2D eigenvalue weighted by Gasteiger charge is -2.28. The molecular weight excluding hydrogens is 364 g/mol. The van der Waals surface area contributed by atoms with Crippen molar-refractivity contribution >= 4 is 20.9 Å². The zero-order valence-corrected chi connectivity index (χ0v) is 16.0. The van der Waals surface area contributed by atoms with Gasteiger partial charge in [-0.15, -0.1) is 0 Å². The molecule has 0 fully saturated rings. The van der Waals surface area contributed by atoms with Gasteiger partial charge in [0.25, 0.3) is 0 Å². The molecule has 140 valence electrons. The third-order valence-corrected chi connectivity index (χ3v) is 6.80. The number of rotatable bonds is 4. The van der Waals surface area contributed by atoms with Crippen molar-refractivity contribution < 1.29 is 13.2 Å². The molecule has 0 spiro atoms. The molecule has 0 unspecified atom stereocenters. The first kappa shape index (κ1) is 18.0. The van der Waals surface area contributed by atoms with Gasteiger partial charge >= 0.3 is 0 Å². The third kappa shape index (κ3) is 3.20. The summed E-state index contributed by atoms with van der Waals surface area (Å²) >= 11 is 0. The van der Waals surface area contributed by atoms with Crippen molar-refractivity contribution in [2.45, 2.75) is 31.4 Å². The molecule has 0 atom stereocenters. The molecule has 0 saturated carbocycles. The highest BCUT2D eigenvalue weighted by atomic mass is 32.2. The van der Waals surface area contributed by atoms with Crippen molar-refractivity contribution in [2.75, 3.05) is 13.7 Å². The van der Waals surface area contributed by atoms with Crippen LogP contribution >= 0.6 is 0 Å². The Bertz CT molecular complexity index is 1120. The molecule has 0 saturated heterocycles. The molecular formula is C19H20N4O3S. The Morgan fingerprint density at radius 3 is 2.89 bits per heavy atom. The normalized spacial score (nSPS) is 15.0. The number of aromatic nitrogens is 3. The van der Waals surface area contributed by atoms with E-state index in [0.717, 1.165) is 11.3 Å². The molecule has 1 aliphatic rings. The van der Waals surface area contributed by atoms with E-state index in [-0.39, 0.29) is 6.54 Å². The average molecular weight is 384 g/mol. The smallest absolute Gasteiger partial charge is 0.244 e. The van der Waals surface area contributed by atoms with Crippen molar-refractivity contribution in [3.05, 3.63) is 59.3 Å². The lowest BCUT2D eigenvalue weighted by Crippen LogP contribution is -2.37. The number of fused-ring (bicyclic) bond motifs is 2. The summed E-state index contributed by atoms with van der Waals surface area (Å²) in [6.45, 7) is 2.81. The maximum absolute atomic E-state index is 13.4. The van der Waals surface area contributed by atoms with E-state index in [1.807, 2.05) is 13.0 Å². The zero-order chi connectivity index (χ0) is 19.0. The van der Waals surface area contributed by atoms with Crippen LogP contribution in [0.2, 0.25) is 0 Å². The van der Waals surface area contributed by atoms with Gasteiger partial charge < -0.3 is 4.74 Å². The van der Waals surface area contributed by atoms with Gasteiger partial charge in [0.2, 0.25) is 10.0 Å². The fourth-order valence-corrected chi connectivity index (χ4v) is 5.27. The van der Waals surface area contributed by atoms with Crippen LogP contribution in [0.3, 0.4) is 0 Å². The maximum atomic E-state index is 13.4. The van der Waals surface area contributed by atoms with Gasteiger partial charge in [0.1, 0.15) is 6.61 Å². The van der Waals surface area contributed by atoms with E-state index >= 15 is 0 Å². The number of hydrogen-bond donors (Lipinski definition) is 0. The molecule has 1 aromatic carbocycles. The number of ether oxygens (including phenoxy) is 1. The molecule has 0 radical (unpaired) electrons. The molecule has 4 rings (SSSR count). The number of benzene rings is 1. The molecule has 2 aromatic heterocycles. The van der Waals surface area contributed by atoms with Crippen molar-refractivity contribution in [3.8, 4) is 0 Å². The fourth-order valence-electron chi connectivity index (χ4n) is 3.44. The number of aryl methyl sites for hydroxylation is 1. The number of hydrogen-bond acceptors (Lipinski definition) is 6. The van der Waals surface area contributed by atoms with E-state index < -0.39 is 10.0 Å². The summed E-state index contributed by atoms with van der Waals surface area (Å²) < 4.78 is 33.4. The molecule has 0 aliphatic carbocycles. The van der Waals surface area contributed by atoms with Gasteiger partial charge in [0, 0.05) is 50.0 Å². The molecule has 0 bridgehead atoms. The van der Waals surface area contributed by atoms with Gasteiger partial charge in [-0.1, -0.05) is 6.07 Å². The number of nitrogens with zero attached hydrogens (tertiary/aromatic N) is 4. The predicted molar refractivity (Wildman–Crippen MR) is 101 cm³/mol. The van der Waals surface area contributed by atoms with Crippen LogP contribution in [0.5, 0.6) is 0 Å². The summed E-state index contributed by atoms with van der Waals surface area (Å²) in [6, 6.07) is 7.22. The Labute approximate surface area is 158 Å². The van der Waals surface area contributed by atoms with E-state index in [1.165, 1.54) is 4.31 Å². The largest absolute Gasteiger partial charge is 0.377 e. The van der Waals surface area contributed by atoms with Crippen LogP contribution in [-0.4, -0.2) is 41.3 Å². The molecule has 7 nitrogen and oxygen atoms in total. The Kier molecular flexibility index (Phi) is 4.63. The topological polar surface area (TPSA) is 85.3 Å². The lowest BCUT2D eigenvalue weighted by molar-refractivity contribution is 0.177. The SMILES string of the molecule is COCc1ncc2c(n1)CCN(S(=O)(=O)c1c(C)ccc3ncccc13)C2. The minimum atomic E-state index is -3.67. The monoisotopic (exact) mass is 384 g/mol. The average Bonchev–Trinajstić information content (AvgIpc) is 2.67. The van der Waals surface area contributed by atoms with Gasteiger partial charge in [-0.25, -0.2) is 18.4 Å². The number of sulfonamides is 1. The first-order chi connectivity index (χ1) is 13.0. The van der Waals surface area contributed by atoms with Gasteiger partial charge in [-0.2, -0.15) is 4.31 Å². The van der Waals surface area contributed by atoms with Crippen LogP contribution in [0.25, 0.3) is 10.9 Å². The van der Waals surface area contributed by atoms with Crippen LogP contribution in [-0.2, 0) is 34.3 Å². The van der Waals surface area contributed by atoms with Crippen LogP contribution < -0.4 is 0 Å². The highest BCUT2D eigenvalue weighted by molar-refractivity contribution is 7.89. The fraction of sp³-hybridized carbons (Fsp3) is 0.316. The van der Waals surface area contributed by atoms with Crippen LogP contribution in [0.4, 0.5) is 0 Å². The highest BCUT2D eigenvalue weighted by Gasteiger charge is 2.31. The van der Waals surface area contributed by atoms with E-state index in [1.54, 1.807) is 37.7 Å². The summed E-state index contributed by atoms with van der Waals surface area (Å²) in [6.07, 6.45) is 3.92. The molecule has 1 aliphatic heterocycles. The Hall–Kier alpha value is -2.42.